The maximum Gasteiger partial charge on any atom is 0.391 e. The van der Waals surface area contributed by atoms with Gasteiger partial charge in [0.15, 0.2) is 0 Å². The van der Waals surface area contributed by atoms with Crippen LogP contribution < -0.4 is 10.6 Å². The molecular weight excluding hydrogens is 281 g/mol. The molecule has 0 aromatic carbocycles. The average Bonchev–Trinajstić information content (AvgIpc) is 2.47. The Kier molecular flexibility index (Phi) is 5.52. The van der Waals surface area contributed by atoms with Crippen molar-refractivity contribution in [3.05, 3.63) is 0 Å². The first kappa shape index (κ1) is 16.6. The van der Waals surface area contributed by atoms with E-state index in [1.807, 2.05) is 6.92 Å². The zero-order valence-electron chi connectivity index (χ0n) is 12.5. The van der Waals surface area contributed by atoms with E-state index >= 15 is 0 Å². The van der Waals surface area contributed by atoms with Crippen molar-refractivity contribution >= 4 is 5.91 Å². The maximum atomic E-state index is 12.8. The lowest BCUT2D eigenvalue weighted by atomic mass is 9.80. The second kappa shape index (κ2) is 6.99. The zero-order valence-corrected chi connectivity index (χ0v) is 12.5. The van der Waals surface area contributed by atoms with Crippen molar-refractivity contribution in [1.29, 1.82) is 0 Å². The molecule has 1 aliphatic carbocycles. The van der Waals surface area contributed by atoms with E-state index in [0.29, 0.717) is 18.8 Å². The van der Waals surface area contributed by atoms with Gasteiger partial charge in [0.2, 0.25) is 5.91 Å². The molecule has 2 aliphatic rings. The van der Waals surface area contributed by atoms with Gasteiger partial charge in [-0.25, -0.2) is 0 Å². The van der Waals surface area contributed by atoms with E-state index in [1.165, 1.54) is 0 Å². The van der Waals surface area contributed by atoms with Crippen molar-refractivity contribution in [2.24, 2.45) is 17.8 Å². The minimum Gasteiger partial charge on any atom is -0.353 e. The summed E-state index contributed by atoms with van der Waals surface area (Å²) in [5, 5.41) is 6.23. The third-order valence-electron chi connectivity index (χ3n) is 4.97. The molecule has 3 nitrogen and oxygen atoms in total. The largest absolute Gasteiger partial charge is 0.391 e. The van der Waals surface area contributed by atoms with Crippen LogP contribution in [0.4, 0.5) is 13.2 Å². The van der Waals surface area contributed by atoms with Crippen molar-refractivity contribution in [3.63, 3.8) is 0 Å². The number of amides is 1. The summed E-state index contributed by atoms with van der Waals surface area (Å²) in [6, 6.07) is 0.0471. The Morgan fingerprint density at radius 3 is 2.48 bits per heavy atom. The van der Waals surface area contributed by atoms with Crippen molar-refractivity contribution in [2.45, 2.75) is 57.7 Å². The van der Waals surface area contributed by atoms with Crippen molar-refractivity contribution in [3.8, 4) is 0 Å². The van der Waals surface area contributed by atoms with Gasteiger partial charge in [-0.05, 0) is 58.0 Å². The fourth-order valence-electron chi connectivity index (χ4n) is 3.53. The molecule has 0 spiro atoms. The van der Waals surface area contributed by atoms with E-state index in [-0.39, 0.29) is 24.8 Å². The monoisotopic (exact) mass is 306 g/mol. The Morgan fingerprint density at radius 2 is 1.86 bits per heavy atom. The first-order valence-corrected chi connectivity index (χ1v) is 7.95. The third kappa shape index (κ3) is 4.59. The second-order valence-electron chi connectivity index (χ2n) is 6.49. The molecule has 0 aromatic rings. The molecule has 122 valence electrons. The highest BCUT2D eigenvalue weighted by Gasteiger charge is 2.43. The number of hydrogen-bond acceptors (Lipinski definition) is 2. The predicted molar refractivity (Wildman–Crippen MR) is 74.7 cm³/mol. The molecule has 21 heavy (non-hydrogen) atoms. The number of carbonyl (C=O) groups is 1. The zero-order chi connectivity index (χ0) is 15.5. The van der Waals surface area contributed by atoms with E-state index in [1.54, 1.807) is 0 Å². The highest BCUT2D eigenvalue weighted by molar-refractivity contribution is 5.79. The van der Waals surface area contributed by atoms with Gasteiger partial charge in [0.1, 0.15) is 0 Å². The topological polar surface area (TPSA) is 41.1 Å². The van der Waals surface area contributed by atoms with Crippen LogP contribution in [0.5, 0.6) is 0 Å². The minimum atomic E-state index is -4.17. The fraction of sp³-hybridized carbons (Fsp3) is 0.933. The Labute approximate surface area is 124 Å². The van der Waals surface area contributed by atoms with Crippen LogP contribution in [-0.2, 0) is 4.79 Å². The van der Waals surface area contributed by atoms with Crippen LogP contribution in [-0.4, -0.2) is 31.2 Å². The van der Waals surface area contributed by atoms with Crippen LogP contribution in [0.15, 0.2) is 0 Å². The summed E-state index contributed by atoms with van der Waals surface area (Å²) in [5.41, 5.74) is 0. The summed E-state index contributed by atoms with van der Waals surface area (Å²) in [4.78, 5) is 12.2. The van der Waals surface area contributed by atoms with E-state index in [2.05, 4.69) is 10.6 Å². The molecular formula is C15H25F3N2O. The fourth-order valence-corrected chi connectivity index (χ4v) is 3.53. The molecule has 1 aliphatic heterocycles. The van der Waals surface area contributed by atoms with Crippen molar-refractivity contribution in [2.75, 3.05) is 13.1 Å². The van der Waals surface area contributed by atoms with E-state index in [4.69, 9.17) is 0 Å². The first-order valence-electron chi connectivity index (χ1n) is 7.95. The van der Waals surface area contributed by atoms with Crippen LogP contribution in [0.1, 0.15) is 45.4 Å². The maximum absolute atomic E-state index is 12.8. The molecule has 6 heteroatoms. The van der Waals surface area contributed by atoms with Crippen LogP contribution in [0.2, 0.25) is 0 Å². The Hall–Kier alpha value is -0.780. The van der Waals surface area contributed by atoms with Crippen LogP contribution >= 0.6 is 0 Å². The van der Waals surface area contributed by atoms with Crippen LogP contribution in [0, 0.1) is 17.8 Å². The number of nitrogens with one attached hydrogen (secondary N) is 2. The number of halogens is 3. The lowest BCUT2D eigenvalue weighted by molar-refractivity contribution is -0.186. The normalized spacial score (nSPS) is 29.9. The Bertz CT molecular complexity index is 353. The number of piperidine rings is 1. The van der Waals surface area contributed by atoms with Gasteiger partial charge in [-0.2, -0.15) is 13.2 Å². The number of carbonyl (C=O) groups excluding carboxylic acids is 1. The summed E-state index contributed by atoms with van der Waals surface area (Å²) in [7, 11) is 0. The summed E-state index contributed by atoms with van der Waals surface area (Å²) in [6.45, 7) is 3.87. The molecule has 0 radical (unpaired) electrons. The van der Waals surface area contributed by atoms with Gasteiger partial charge >= 0.3 is 6.18 Å². The van der Waals surface area contributed by atoms with Crippen LogP contribution in [0.3, 0.4) is 0 Å². The van der Waals surface area contributed by atoms with Crippen molar-refractivity contribution < 1.29 is 18.0 Å². The molecule has 2 N–H and O–H groups in total. The van der Waals surface area contributed by atoms with E-state index < -0.39 is 18.0 Å². The molecule has 1 heterocycles. The third-order valence-corrected chi connectivity index (χ3v) is 4.97. The Balaban J connectivity index is 1.84. The number of alkyl halides is 3. The number of rotatable bonds is 3. The highest BCUT2D eigenvalue weighted by Crippen LogP contribution is 2.40. The quantitative estimate of drug-likeness (QED) is 0.842. The summed E-state index contributed by atoms with van der Waals surface area (Å²) in [6.07, 6.45) is -0.957. The van der Waals surface area contributed by atoms with Gasteiger partial charge in [0, 0.05) is 12.0 Å². The van der Waals surface area contributed by atoms with Gasteiger partial charge in [0.05, 0.1) is 5.92 Å². The van der Waals surface area contributed by atoms with Gasteiger partial charge in [0.25, 0.3) is 0 Å². The standard InChI is InChI=1S/C15H25F3N2O/c1-10(11-5-7-19-8-6-11)20-14(21)12-3-2-4-13(9-12)15(16,17)18/h10-13,19H,2-9H2,1H3,(H,20,21). The molecule has 1 amide bonds. The van der Waals surface area contributed by atoms with Gasteiger partial charge < -0.3 is 10.6 Å². The predicted octanol–water partition coefficient (Wildman–Crippen LogP) is 2.86. The molecule has 1 saturated heterocycles. The molecule has 1 saturated carbocycles. The highest BCUT2D eigenvalue weighted by atomic mass is 19.4. The average molecular weight is 306 g/mol. The van der Waals surface area contributed by atoms with Gasteiger partial charge in [-0.3, -0.25) is 4.79 Å². The summed E-state index contributed by atoms with van der Waals surface area (Å²) >= 11 is 0. The molecule has 0 aromatic heterocycles. The minimum absolute atomic E-state index is 0.0471. The summed E-state index contributed by atoms with van der Waals surface area (Å²) < 4.78 is 38.4. The summed E-state index contributed by atoms with van der Waals surface area (Å²) in [5.74, 6) is -1.54. The Morgan fingerprint density at radius 1 is 1.19 bits per heavy atom. The lowest BCUT2D eigenvalue weighted by Crippen LogP contribution is -2.46. The van der Waals surface area contributed by atoms with Gasteiger partial charge in [-0.15, -0.1) is 0 Å². The second-order valence-corrected chi connectivity index (χ2v) is 6.49. The van der Waals surface area contributed by atoms with Crippen LogP contribution in [0.25, 0.3) is 0 Å². The molecule has 3 atom stereocenters. The lowest BCUT2D eigenvalue weighted by Gasteiger charge is -2.33. The number of hydrogen-bond donors (Lipinski definition) is 2. The first-order chi connectivity index (χ1) is 9.88. The van der Waals surface area contributed by atoms with Crippen molar-refractivity contribution in [1.82, 2.24) is 10.6 Å². The van der Waals surface area contributed by atoms with E-state index in [0.717, 1.165) is 25.9 Å². The molecule has 3 unspecified atom stereocenters. The van der Waals surface area contributed by atoms with E-state index in [9.17, 15) is 18.0 Å². The molecule has 2 rings (SSSR count). The molecule has 0 bridgehead atoms. The van der Waals surface area contributed by atoms with Gasteiger partial charge in [-0.1, -0.05) is 6.42 Å². The SMILES string of the molecule is CC(NC(=O)C1CCCC(C(F)(F)F)C1)C1CCNCC1. The molecule has 2 fully saturated rings. The smallest absolute Gasteiger partial charge is 0.353 e.